The lowest BCUT2D eigenvalue weighted by molar-refractivity contribution is -0.387. The maximum absolute atomic E-state index is 13.5. The Morgan fingerprint density at radius 2 is 1.86 bits per heavy atom. The van der Waals surface area contributed by atoms with Crippen molar-refractivity contribution in [2.24, 2.45) is 0 Å². The normalized spacial score (nSPS) is 10.2. The van der Waals surface area contributed by atoms with Gasteiger partial charge >= 0.3 is 5.69 Å². The van der Waals surface area contributed by atoms with Gasteiger partial charge in [-0.1, -0.05) is 11.6 Å². The third-order valence-corrected chi connectivity index (χ3v) is 2.82. The van der Waals surface area contributed by atoms with E-state index in [4.69, 9.17) is 11.6 Å². The number of nitro groups is 1. The van der Waals surface area contributed by atoms with Crippen LogP contribution in [0.3, 0.4) is 0 Å². The van der Waals surface area contributed by atoms with Crippen LogP contribution in [-0.4, -0.2) is 10.8 Å². The molecule has 0 unspecified atom stereocenters. The zero-order chi connectivity index (χ0) is 15.6. The van der Waals surface area contributed by atoms with Gasteiger partial charge in [0.25, 0.3) is 5.91 Å². The molecule has 5 nitrogen and oxygen atoms in total. The van der Waals surface area contributed by atoms with Crippen molar-refractivity contribution < 1.29 is 18.5 Å². The first-order valence-corrected chi connectivity index (χ1v) is 5.96. The van der Waals surface area contributed by atoms with E-state index in [0.717, 1.165) is 24.3 Å². The van der Waals surface area contributed by atoms with E-state index in [1.807, 2.05) is 0 Å². The fraction of sp³-hybridized carbons (Fsp3) is 0. The monoisotopic (exact) mass is 312 g/mol. The van der Waals surface area contributed by atoms with Crippen LogP contribution in [0.4, 0.5) is 20.2 Å². The van der Waals surface area contributed by atoms with E-state index in [0.29, 0.717) is 0 Å². The predicted molar refractivity (Wildman–Crippen MR) is 72.4 cm³/mol. The second-order valence-corrected chi connectivity index (χ2v) is 4.44. The number of carbonyl (C=O) groups is 1. The van der Waals surface area contributed by atoms with Gasteiger partial charge in [-0.15, -0.1) is 0 Å². The Kier molecular flexibility index (Phi) is 4.13. The highest BCUT2D eigenvalue weighted by molar-refractivity contribution is 6.30. The van der Waals surface area contributed by atoms with Crippen molar-refractivity contribution in [3.05, 3.63) is 68.7 Å². The van der Waals surface area contributed by atoms with Gasteiger partial charge < -0.3 is 5.32 Å². The summed E-state index contributed by atoms with van der Waals surface area (Å²) in [7, 11) is 0. The molecular weight excluding hydrogens is 306 g/mol. The molecule has 1 N–H and O–H groups in total. The molecule has 0 atom stereocenters. The lowest BCUT2D eigenvalue weighted by atomic mass is 10.1. The smallest absolute Gasteiger partial charge is 0.305 e. The Hall–Kier alpha value is -2.54. The van der Waals surface area contributed by atoms with Crippen LogP contribution >= 0.6 is 11.6 Å². The lowest BCUT2D eigenvalue weighted by Crippen LogP contribution is -2.13. The molecule has 2 aromatic carbocycles. The molecule has 0 aromatic heterocycles. The summed E-state index contributed by atoms with van der Waals surface area (Å²) in [5.74, 6) is -2.62. The summed E-state index contributed by atoms with van der Waals surface area (Å²) >= 11 is 5.57. The van der Waals surface area contributed by atoms with Crippen molar-refractivity contribution in [3.8, 4) is 0 Å². The van der Waals surface area contributed by atoms with Gasteiger partial charge in [-0.3, -0.25) is 14.9 Å². The fourth-order valence-electron chi connectivity index (χ4n) is 1.58. The molecule has 2 rings (SSSR count). The minimum atomic E-state index is -1.06. The Labute approximate surface area is 122 Å². The highest BCUT2D eigenvalue weighted by Gasteiger charge is 2.18. The van der Waals surface area contributed by atoms with Gasteiger partial charge in [0.2, 0.25) is 5.82 Å². The second-order valence-electron chi connectivity index (χ2n) is 4.00. The molecule has 0 heterocycles. The highest BCUT2D eigenvalue weighted by atomic mass is 35.5. The lowest BCUT2D eigenvalue weighted by Gasteiger charge is -2.06. The zero-order valence-corrected chi connectivity index (χ0v) is 11.0. The van der Waals surface area contributed by atoms with Gasteiger partial charge in [0.05, 0.1) is 10.6 Å². The average Bonchev–Trinajstić information content (AvgIpc) is 2.42. The Morgan fingerprint density at radius 3 is 2.48 bits per heavy atom. The van der Waals surface area contributed by atoms with E-state index >= 15 is 0 Å². The predicted octanol–water partition coefficient (Wildman–Crippen LogP) is 3.78. The van der Waals surface area contributed by atoms with Crippen LogP contribution < -0.4 is 5.32 Å². The third-order valence-electron chi connectivity index (χ3n) is 2.58. The molecule has 0 aliphatic carbocycles. The van der Waals surface area contributed by atoms with E-state index < -0.39 is 28.2 Å². The maximum atomic E-state index is 13.5. The van der Waals surface area contributed by atoms with Crippen molar-refractivity contribution in [2.45, 2.75) is 0 Å². The molecule has 0 bridgehead atoms. The van der Waals surface area contributed by atoms with Crippen LogP contribution in [0.25, 0.3) is 0 Å². The molecule has 8 heteroatoms. The van der Waals surface area contributed by atoms with E-state index in [9.17, 15) is 23.7 Å². The van der Waals surface area contributed by atoms with Gasteiger partial charge in [-0.2, -0.15) is 4.39 Å². The number of amides is 1. The summed E-state index contributed by atoms with van der Waals surface area (Å²) in [4.78, 5) is 21.5. The van der Waals surface area contributed by atoms with Gasteiger partial charge in [-0.25, -0.2) is 4.39 Å². The molecule has 0 fully saturated rings. The van der Waals surface area contributed by atoms with E-state index in [2.05, 4.69) is 5.32 Å². The molecule has 2 aromatic rings. The van der Waals surface area contributed by atoms with Crippen LogP contribution in [0, 0.1) is 21.7 Å². The number of hydrogen-bond acceptors (Lipinski definition) is 3. The topological polar surface area (TPSA) is 72.2 Å². The number of halogens is 3. The molecule has 0 radical (unpaired) electrons. The molecule has 0 spiro atoms. The molecule has 1 amide bonds. The molecule has 0 saturated carbocycles. The standard InChI is InChI=1S/C13H7ClF2N2O3/c14-8-2-4-11(10(16)6-8)17-13(19)7-1-3-9(15)12(5-7)18(20)21/h1-6H,(H,17,19). The van der Waals surface area contributed by atoms with Crippen LogP contribution in [0.15, 0.2) is 36.4 Å². The van der Waals surface area contributed by atoms with Gasteiger partial charge in [-0.05, 0) is 30.3 Å². The van der Waals surface area contributed by atoms with Gasteiger partial charge in [0.1, 0.15) is 5.82 Å². The minimum absolute atomic E-state index is 0.142. The SMILES string of the molecule is O=C(Nc1ccc(Cl)cc1F)c1ccc(F)c([N+](=O)[O-])c1. The zero-order valence-electron chi connectivity index (χ0n) is 10.3. The first kappa shape index (κ1) is 14.9. The number of benzene rings is 2. The van der Waals surface area contributed by atoms with Gasteiger partial charge in [0.15, 0.2) is 0 Å². The number of carbonyl (C=O) groups excluding carboxylic acids is 1. The summed E-state index contributed by atoms with van der Waals surface area (Å²) in [6.07, 6.45) is 0. The average molecular weight is 313 g/mol. The number of nitrogens with one attached hydrogen (secondary N) is 1. The molecule has 21 heavy (non-hydrogen) atoms. The minimum Gasteiger partial charge on any atom is -0.319 e. The summed E-state index contributed by atoms with van der Waals surface area (Å²) in [5.41, 5.74) is -1.15. The van der Waals surface area contributed by atoms with Crippen LogP contribution in [0.5, 0.6) is 0 Å². The van der Waals surface area contributed by atoms with E-state index in [1.165, 1.54) is 12.1 Å². The number of rotatable bonds is 3. The Bertz CT molecular complexity index is 737. The Balaban J connectivity index is 2.28. The van der Waals surface area contributed by atoms with Crippen LogP contribution in [0.2, 0.25) is 5.02 Å². The first-order valence-electron chi connectivity index (χ1n) is 5.59. The van der Waals surface area contributed by atoms with Crippen LogP contribution in [-0.2, 0) is 0 Å². The van der Waals surface area contributed by atoms with Crippen LogP contribution in [0.1, 0.15) is 10.4 Å². The largest absolute Gasteiger partial charge is 0.319 e. The van der Waals surface area contributed by atoms with E-state index in [1.54, 1.807) is 0 Å². The summed E-state index contributed by atoms with van der Waals surface area (Å²) in [5, 5.41) is 13.0. The number of nitrogens with zero attached hydrogens (tertiary/aromatic N) is 1. The third kappa shape index (κ3) is 3.32. The van der Waals surface area contributed by atoms with Crippen molar-refractivity contribution >= 4 is 28.9 Å². The maximum Gasteiger partial charge on any atom is 0.305 e. The second kappa shape index (κ2) is 5.84. The summed E-state index contributed by atoms with van der Waals surface area (Å²) in [6, 6.07) is 6.25. The number of nitro benzene ring substituents is 1. The van der Waals surface area contributed by atoms with Crippen molar-refractivity contribution in [1.82, 2.24) is 0 Å². The van der Waals surface area contributed by atoms with Crippen molar-refractivity contribution in [3.63, 3.8) is 0 Å². The van der Waals surface area contributed by atoms with E-state index in [-0.39, 0.29) is 16.3 Å². The Morgan fingerprint density at radius 1 is 1.14 bits per heavy atom. The van der Waals surface area contributed by atoms with Crippen molar-refractivity contribution in [1.29, 1.82) is 0 Å². The molecule has 0 aliphatic rings. The first-order chi connectivity index (χ1) is 9.88. The van der Waals surface area contributed by atoms with Gasteiger partial charge in [0, 0.05) is 16.7 Å². The summed E-state index contributed by atoms with van der Waals surface area (Å²) in [6.45, 7) is 0. The fourth-order valence-corrected chi connectivity index (χ4v) is 1.74. The molecule has 108 valence electrons. The molecule has 0 aliphatic heterocycles. The number of anilines is 1. The quantitative estimate of drug-likeness (QED) is 0.692. The molecular formula is C13H7ClF2N2O3. The summed E-state index contributed by atoms with van der Waals surface area (Å²) < 4.78 is 26.7. The van der Waals surface area contributed by atoms with Crippen molar-refractivity contribution in [2.75, 3.05) is 5.32 Å². The molecule has 0 saturated heterocycles. The number of hydrogen-bond donors (Lipinski definition) is 1. The highest BCUT2D eigenvalue weighted by Crippen LogP contribution is 2.22.